The molecule has 3 rings (SSSR count). The van der Waals surface area contributed by atoms with Crippen LogP contribution in [0.5, 0.6) is 5.75 Å². The van der Waals surface area contributed by atoms with Gasteiger partial charge in [0.1, 0.15) is 5.75 Å². The fraction of sp³-hybridized carbons (Fsp3) is 0.0833. The SMILES string of the molecule is COc1ccc(C(=O)O)cc1NC(=O)/C=C/c1ccc(-c2ccccc2C)cc1. The van der Waals surface area contributed by atoms with Crippen molar-refractivity contribution in [2.24, 2.45) is 0 Å². The van der Waals surface area contributed by atoms with Crippen molar-refractivity contribution in [2.75, 3.05) is 12.4 Å². The van der Waals surface area contributed by atoms with Crippen molar-refractivity contribution in [1.29, 1.82) is 0 Å². The molecule has 0 spiro atoms. The van der Waals surface area contributed by atoms with Crippen molar-refractivity contribution in [1.82, 2.24) is 0 Å². The van der Waals surface area contributed by atoms with Crippen LogP contribution in [0.4, 0.5) is 5.69 Å². The Morgan fingerprint density at radius 2 is 1.72 bits per heavy atom. The van der Waals surface area contributed by atoms with Crippen molar-refractivity contribution in [2.45, 2.75) is 6.92 Å². The summed E-state index contributed by atoms with van der Waals surface area (Å²) in [5, 5.41) is 11.8. The van der Waals surface area contributed by atoms with Gasteiger partial charge in [-0.15, -0.1) is 0 Å². The zero-order valence-electron chi connectivity index (χ0n) is 16.2. The summed E-state index contributed by atoms with van der Waals surface area (Å²) in [6, 6.07) is 20.4. The van der Waals surface area contributed by atoms with E-state index in [1.54, 1.807) is 6.08 Å². The molecule has 5 nitrogen and oxygen atoms in total. The third-order valence-electron chi connectivity index (χ3n) is 4.50. The van der Waals surface area contributed by atoms with E-state index in [4.69, 9.17) is 9.84 Å². The highest BCUT2D eigenvalue weighted by Crippen LogP contribution is 2.26. The number of hydrogen-bond acceptors (Lipinski definition) is 3. The zero-order chi connectivity index (χ0) is 20.8. The van der Waals surface area contributed by atoms with Crippen molar-refractivity contribution < 1.29 is 19.4 Å². The van der Waals surface area contributed by atoms with E-state index >= 15 is 0 Å². The van der Waals surface area contributed by atoms with Gasteiger partial charge in [-0.05, 0) is 53.5 Å². The molecule has 3 aromatic rings. The molecule has 0 saturated carbocycles. The number of hydrogen-bond donors (Lipinski definition) is 2. The molecule has 0 heterocycles. The molecule has 0 aliphatic heterocycles. The van der Waals surface area contributed by atoms with Gasteiger partial charge in [0.05, 0.1) is 18.4 Å². The molecule has 5 heteroatoms. The molecule has 0 saturated heterocycles. The molecule has 0 aromatic heterocycles. The van der Waals surface area contributed by atoms with Crippen LogP contribution in [-0.4, -0.2) is 24.1 Å². The lowest BCUT2D eigenvalue weighted by Crippen LogP contribution is -2.10. The van der Waals surface area contributed by atoms with Crippen LogP contribution < -0.4 is 10.1 Å². The number of rotatable bonds is 6. The Hall–Kier alpha value is -3.86. The first-order valence-corrected chi connectivity index (χ1v) is 9.04. The van der Waals surface area contributed by atoms with Gasteiger partial charge in [-0.3, -0.25) is 4.79 Å². The second kappa shape index (κ2) is 8.89. The van der Waals surface area contributed by atoms with Gasteiger partial charge < -0.3 is 15.2 Å². The number of carboxylic acids is 1. The highest BCUT2D eigenvalue weighted by Gasteiger charge is 2.10. The van der Waals surface area contributed by atoms with E-state index in [1.165, 1.54) is 42.5 Å². The molecule has 29 heavy (non-hydrogen) atoms. The molecule has 0 unspecified atom stereocenters. The molecule has 0 aliphatic rings. The van der Waals surface area contributed by atoms with Crippen LogP contribution in [0.15, 0.2) is 72.8 Å². The Balaban J connectivity index is 1.72. The topological polar surface area (TPSA) is 75.6 Å². The van der Waals surface area contributed by atoms with E-state index in [0.717, 1.165) is 11.1 Å². The maximum atomic E-state index is 12.3. The van der Waals surface area contributed by atoms with Crippen LogP contribution in [0.2, 0.25) is 0 Å². The van der Waals surface area contributed by atoms with E-state index in [0.29, 0.717) is 11.4 Å². The number of ether oxygens (including phenoxy) is 1. The zero-order valence-corrected chi connectivity index (χ0v) is 16.2. The number of methoxy groups -OCH3 is 1. The van der Waals surface area contributed by atoms with Gasteiger partial charge in [0.25, 0.3) is 0 Å². The van der Waals surface area contributed by atoms with Crippen LogP contribution in [0.25, 0.3) is 17.2 Å². The summed E-state index contributed by atoms with van der Waals surface area (Å²) in [5.41, 5.74) is 4.73. The number of carboxylic acid groups (broad SMARTS) is 1. The first-order chi connectivity index (χ1) is 14.0. The van der Waals surface area contributed by atoms with Gasteiger partial charge >= 0.3 is 5.97 Å². The average molecular weight is 387 g/mol. The Bertz CT molecular complexity index is 1070. The molecule has 0 fully saturated rings. The van der Waals surface area contributed by atoms with E-state index in [2.05, 4.69) is 24.4 Å². The van der Waals surface area contributed by atoms with Gasteiger partial charge in [0.15, 0.2) is 0 Å². The molecule has 0 bridgehead atoms. The highest BCUT2D eigenvalue weighted by molar-refractivity contribution is 6.03. The van der Waals surface area contributed by atoms with E-state index in [9.17, 15) is 9.59 Å². The standard InChI is InChI=1S/C24H21NO4/c1-16-5-3-4-6-20(16)18-10-7-17(8-11-18)9-14-23(26)25-21-15-19(24(27)28)12-13-22(21)29-2/h3-15H,1-2H3,(H,25,26)(H,27,28)/b14-9+. The van der Waals surface area contributed by atoms with Gasteiger partial charge in [-0.2, -0.15) is 0 Å². The number of carbonyl (C=O) groups is 2. The van der Waals surface area contributed by atoms with Crippen LogP contribution in [0.1, 0.15) is 21.5 Å². The Morgan fingerprint density at radius 3 is 2.38 bits per heavy atom. The fourth-order valence-corrected chi connectivity index (χ4v) is 2.96. The number of aromatic carboxylic acids is 1. The minimum Gasteiger partial charge on any atom is -0.495 e. The number of anilines is 1. The van der Waals surface area contributed by atoms with Crippen LogP contribution >= 0.6 is 0 Å². The molecule has 0 radical (unpaired) electrons. The fourth-order valence-electron chi connectivity index (χ4n) is 2.96. The summed E-state index contributed by atoms with van der Waals surface area (Å²) in [5.74, 6) is -1.07. The maximum absolute atomic E-state index is 12.3. The minimum atomic E-state index is -1.08. The van der Waals surface area contributed by atoms with E-state index in [1.807, 2.05) is 36.4 Å². The molecule has 2 N–H and O–H groups in total. The smallest absolute Gasteiger partial charge is 0.335 e. The quantitative estimate of drug-likeness (QED) is 0.582. The second-order valence-corrected chi connectivity index (χ2v) is 6.48. The predicted molar refractivity (Wildman–Crippen MR) is 114 cm³/mol. The molecular formula is C24H21NO4. The molecule has 146 valence electrons. The summed E-state index contributed by atoms with van der Waals surface area (Å²) >= 11 is 0. The third-order valence-corrected chi connectivity index (χ3v) is 4.50. The van der Waals surface area contributed by atoms with Crippen LogP contribution in [-0.2, 0) is 4.79 Å². The summed E-state index contributed by atoms with van der Waals surface area (Å²) < 4.78 is 5.18. The van der Waals surface area contributed by atoms with Crippen molar-refractivity contribution in [3.63, 3.8) is 0 Å². The Morgan fingerprint density at radius 1 is 1.00 bits per heavy atom. The van der Waals surface area contributed by atoms with E-state index in [-0.39, 0.29) is 11.5 Å². The predicted octanol–water partition coefficient (Wildman–Crippen LogP) is 5.02. The first-order valence-electron chi connectivity index (χ1n) is 9.04. The van der Waals surface area contributed by atoms with Crippen LogP contribution in [0, 0.1) is 6.92 Å². The molecular weight excluding hydrogens is 366 g/mol. The van der Waals surface area contributed by atoms with Crippen LogP contribution in [0.3, 0.4) is 0 Å². The molecule has 3 aromatic carbocycles. The number of nitrogens with one attached hydrogen (secondary N) is 1. The van der Waals surface area contributed by atoms with Gasteiger partial charge in [0.2, 0.25) is 5.91 Å². The highest BCUT2D eigenvalue weighted by atomic mass is 16.5. The molecule has 0 atom stereocenters. The van der Waals surface area contributed by atoms with E-state index < -0.39 is 5.97 Å². The normalized spacial score (nSPS) is 10.7. The summed E-state index contributed by atoms with van der Waals surface area (Å²) in [7, 11) is 1.46. The second-order valence-electron chi connectivity index (χ2n) is 6.48. The van der Waals surface area contributed by atoms with Crippen molar-refractivity contribution in [3.8, 4) is 16.9 Å². The monoisotopic (exact) mass is 387 g/mol. The maximum Gasteiger partial charge on any atom is 0.335 e. The van der Waals surface area contributed by atoms with Gasteiger partial charge in [-0.1, -0.05) is 48.5 Å². The van der Waals surface area contributed by atoms with Gasteiger partial charge in [-0.25, -0.2) is 4.79 Å². The Kier molecular flexibility index (Phi) is 6.09. The summed E-state index contributed by atoms with van der Waals surface area (Å²) in [4.78, 5) is 23.4. The number of aryl methyl sites for hydroxylation is 1. The summed E-state index contributed by atoms with van der Waals surface area (Å²) in [6.45, 7) is 2.07. The van der Waals surface area contributed by atoms with Crippen molar-refractivity contribution in [3.05, 3.63) is 89.5 Å². The summed E-state index contributed by atoms with van der Waals surface area (Å²) in [6.07, 6.45) is 3.10. The van der Waals surface area contributed by atoms with Crippen molar-refractivity contribution >= 4 is 23.6 Å². The molecule has 0 aliphatic carbocycles. The first kappa shape index (κ1) is 19.9. The lowest BCUT2D eigenvalue weighted by molar-refractivity contribution is -0.111. The lowest BCUT2D eigenvalue weighted by Gasteiger charge is -2.09. The Labute approximate surface area is 169 Å². The number of carbonyl (C=O) groups excluding carboxylic acids is 1. The lowest BCUT2D eigenvalue weighted by atomic mass is 9.99. The van der Waals surface area contributed by atoms with Gasteiger partial charge in [0, 0.05) is 6.08 Å². The third kappa shape index (κ3) is 4.90. The number of amides is 1. The largest absolute Gasteiger partial charge is 0.495 e. The molecule has 1 amide bonds. The average Bonchev–Trinajstić information content (AvgIpc) is 2.73. The minimum absolute atomic E-state index is 0.0665. The number of benzene rings is 3.